The maximum Gasteiger partial charge on any atom is 0.0570 e. The van der Waals surface area contributed by atoms with Gasteiger partial charge in [0, 0.05) is 25.4 Å². The molecule has 0 aliphatic heterocycles. The molecule has 0 bridgehead atoms. The zero-order valence-electron chi connectivity index (χ0n) is 8.77. The summed E-state index contributed by atoms with van der Waals surface area (Å²) in [7, 11) is 0. The summed E-state index contributed by atoms with van der Waals surface area (Å²) in [6.45, 7) is 5.13. The minimum absolute atomic E-state index is 0.224. The minimum atomic E-state index is 0.224. The largest absolute Gasteiger partial charge is 0.396 e. The summed E-state index contributed by atoms with van der Waals surface area (Å²) in [5.41, 5.74) is 1.04. The molecule has 2 N–H and O–H groups in total. The molecule has 1 unspecified atom stereocenters. The van der Waals surface area contributed by atoms with E-state index in [2.05, 4.69) is 17.2 Å². The van der Waals surface area contributed by atoms with E-state index in [1.807, 2.05) is 25.1 Å². The van der Waals surface area contributed by atoms with Crippen LogP contribution in [0.4, 0.5) is 0 Å². The lowest BCUT2D eigenvalue weighted by atomic mass is 10.1. The van der Waals surface area contributed by atoms with Gasteiger partial charge < -0.3 is 10.4 Å². The van der Waals surface area contributed by atoms with Gasteiger partial charge in [-0.15, -0.1) is 0 Å². The molecule has 2 atom stereocenters. The normalized spacial score (nSPS) is 15.1. The molecule has 3 heteroatoms. The van der Waals surface area contributed by atoms with Crippen LogP contribution in [0.1, 0.15) is 25.6 Å². The first-order valence-corrected chi connectivity index (χ1v) is 4.99. The molecule has 1 heterocycles. The van der Waals surface area contributed by atoms with Gasteiger partial charge in [-0.05, 0) is 25.0 Å². The highest BCUT2D eigenvalue weighted by atomic mass is 16.3. The molecule has 0 aliphatic rings. The maximum atomic E-state index is 8.86. The summed E-state index contributed by atoms with van der Waals surface area (Å²) >= 11 is 0. The average molecular weight is 194 g/mol. The summed E-state index contributed by atoms with van der Waals surface area (Å²) in [5, 5.41) is 12.2. The van der Waals surface area contributed by atoms with Crippen molar-refractivity contribution < 1.29 is 5.11 Å². The number of pyridine rings is 1. The van der Waals surface area contributed by atoms with Crippen LogP contribution in [-0.4, -0.2) is 23.2 Å². The van der Waals surface area contributed by atoms with Gasteiger partial charge in [-0.25, -0.2) is 0 Å². The quantitative estimate of drug-likeness (QED) is 0.744. The molecule has 0 aromatic carbocycles. The molecular weight excluding hydrogens is 176 g/mol. The van der Waals surface area contributed by atoms with Gasteiger partial charge in [0.2, 0.25) is 0 Å². The van der Waals surface area contributed by atoms with Crippen LogP contribution < -0.4 is 5.32 Å². The van der Waals surface area contributed by atoms with E-state index in [0.717, 1.165) is 12.2 Å². The minimum Gasteiger partial charge on any atom is -0.396 e. The Bertz CT molecular complexity index is 251. The highest BCUT2D eigenvalue weighted by Gasteiger charge is 2.06. The van der Waals surface area contributed by atoms with Crippen molar-refractivity contribution in [1.29, 1.82) is 0 Å². The monoisotopic (exact) mass is 194 g/mol. The highest BCUT2D eigenvalue weighted by Crippen LogP contribution is 2.07. The van der Waals surface area contributed by atoms with Crippen molar-refractivity contribution in [3.05, 3.63) is 30.1 Å². The van der Waals surface area contributed by atoms with Crippen molar-refractivity contribution in [2.75, 3.05) is 13.2 Å². The molecule has 0 aliphatic carbocycles. The molecular formula is C11H18N2O. The van der Waals surface area contributed by atoms with Gasteiger partial charge in [0.25, 0.3) is 0 Å². The first-order chi connectivity index (χ1) is 6.74. The van der Waals surface area contributed by atoms with E-state index in [0.29, 0.717) is 5.92 Å². The molecule has 0 radical (unpaired) electrons. The van der Waals surface area contributed by atoms with Crippen LogP contribution in [0.2, 0.25) is 0 Å². The fourth-order valence-electron chi connectivity index (χ4n) is 1.18. The van der Waals surface area contributed by atoms with Crippen molar-refractivity contribution in [3.8, 4) is 0 Å². The van der Waals surface area contributed by atoms with Gasteiger partial charge in [-0.3, -0.25) is 4.98 Å². The Kier molecular flexibility index (Phi) is 4.56. The molecule has 14 heavy (non-hydrogen) atoms. The zero-order valence-corrected chi connectivity index (χ0v) is 8.77. The lowest BCUT2D eigenvalue weighted by Gasteiger charge is -2.15. The molecule has 0 saturated carbocycles. The van der Waals surface area contributed by atoms with Crippen LogP contribution >= 0.6 is 0 Å². The number of aromatic nitrogens is 1. The van der Waals surface area contributed by atoms with Crippen LogP contribution in [0.15, 0.2) is 24.4 Å². The molecule has 3 nitrogen and oxygen atoms in total. The Morgan fingerprint density at radius 3 is 2.79 bits per heavy atom. The molecule has 78 valence electrons. The molecule has 0 saturated heterocycles. The Labute approximate surface area is 85.2 Å². The Hall–Kier alpha value is -0.930. The number of hydrogen-bond acceptors (Lipinski definition) is 3. The second-order valence-corrected chi connectivity index (χ2v) is 3.67. The van der Waals surface area contributed by atoms with Crippen LogP contribution in [-0.2, 0) is 0 Å². The average Bonchev–Trinajstić information content (AvgIpc) is 2.26. The third-order valence-electron chi connectivity index (χ3n) is 2.22. The predicted molar refractivity (Wildman–Crippen MR) is 56.9 cm³/mol. The molecule has 1 rings (SSSR count). The summed E-state index contributed by atoms with van der Waals surface area (Å²) in [5.74, 6) is 0.293. The predicted octanol–water partition coefficient (Wildman–Crippen LogP) is 1.36. The van der Waals surface area contributed by atoms with E-state index in [1.165, 1.54) is 0 Å². The van der Waals surface area contributed by atoms with E-state index in [4.69, 9.17) is 5.11 Å². The number of aliphatic hydroxyl groups is 1. The molecule has 0 fully saturated rings. The molecule has 1 aromatic rings. The summed E-state index contributed by atoms with van der Waals surface area (Å²) < 4.78 is 0. The first kappa shape index (κ1) is 11.1. The number of aliphatic hydroxyl groups excluding tert-OH is 1. The van der Waals surface area contributed by atoms with Crippen LogP contribution in [0.3, 0.4) is 0 Å². The lowest BCUT2D eigenvalue weighted by molar-refractivity contribution is 0.230. The Balaban J connectivity index is 2.39. The van der Waals surface area contributed by atoms with Crippen LogP contribution in [0.5, 0.6) is 0 Å². The lowest BCUT2D eigenvalue weighted by Crippen LogP contribution is -2.26. The van der Waals surface area contributed by atoms with E-state index in [-0.39, 0.29) is 12.6 Å². The maximum absolute atomic E-state index is 8.86. The fraction of sp³-hybridized carbons (Fsp3) is 0.545. The van der Waals surface area contributed by atoms with E-state index in [1.54, 1.807) is 6.20 Å². The SMILES string of the molecule is CC(CO)CN[C@H](C)c1ccccn1. The van der Waals surface area contributed by atoms with Crippen molar-refractivity contribution in [2.24, 2.45) is 5.92 Å². The van der Waals surface area contributed by atoms with Gasteiger partial charge in [0.15, 0.2) is 0 Å². The smallest absolute Gasteiger partial charge is 0.0570 e. The summed E-state index contributed by atoms with van der Waals surface area (Å²) in [6.07, 6.45) is 1.79. The van der Waals surface area contributed by atoms with Crippen molar-refractivity contribution in [3.63, 3.8) is 0 Å². The van der Waals surface area contributed by atoms with Gasteiger partial charge in [0.05, 0.1) is 5.69 Å². The second kappa shape index (κ2) is 5.73. The van der Waals surface area contributed by atoms with E-state index < -0.39 is 0 Å². The number of rotatable bonds is 5. The number of hydrogen-bond donors (Lipinski definition) is 2. The van der Waals surface area contributed by atoms with Crippen LogP contribution in [0.25, 0.3) is 0 Å². The highest BCUT2D eigenvalue weighted by molar-refractivity contribution is 5.07. The third-order valence-corrected chi connectivity index (χ3v) is 2.22. The Morgan fingerprint density at radius 1 is 1.43 bits per heavy atom. The van der Waals surface area contributed by atoms with E-state index in [9.17, 15) is 0 Å². The number of nitrogens with one attached hydrogen (secondary N) is 1. The fourth-order valence-corrected chi connectivity index (χ4v) is 1.18. The zero-order chi connectivity index (χ0) is 10.4. The summed E-state index contributed by atoms with van der Waals surface area (Å²) in [4.78, 5) is 4.26. The van der Waals surface area contributed by atoms with Gasteiger partial charge >= 0.3 is 0 Å². The third kappa shape index (κ3) is 3.44. The van der Waals surface area contributed by atoms with Crippen molar-refractivity contribution >= 4 is 0 Å². The number of nitrogens with zero attached hydrogens (tertiary/aromatic N) is 1. The van der Waals surface area contributed by atoms with Crippen molar-refractivity contribution in [1.82, 2.24) is 10.3 Å². The topological polar surface area (TPSA) is 45.1 Å². The van der Waals surface area contributed by atoms with Gasteiger partial charge in [-0.1, -0.05) is 13.0 Å². The first-order valence-electron chi connectivity index (χ1n) is 4.99. The van der Waals surface area contributed by atoms with E-state index >= 15 is 0 Å². The standard InChI is InChI=1S/C11H18N2O/c1-9(8-14)7-13-10(2)11-5-3-4-6-12-11/h3-6,9-10,13-14H,7-8H2,1-2H3/t9?,10-/m1/s1. The van der Waals surface area contributed by atoms with Crippen molar-refractivity contribution in [2.45, 2.75) is 19.9 Å². The molecule has 0 amide bonds. The molecule has 0 spiro atoms. The Morgan fingerprint density at radius 2 is 2.21 bits per heavy atom. The second-order valence-electron chi connectivity index (χ2n) is 3.67. The molecule has 1 aromatic heterocycles. The van der Waals surface area contributed by atoms with Gasteiger partial charge in [-0.2, -0.15) is 0 Å². The van der Waals surface area contributed by atoms with Crippen LogP contribution in [0, 0.1) is 5.92 Å². The summed E-state index contributed by atoms with van der Waals surface area (Å²) in [6, 6.07) is 6.13. The van der Waals surface area contributed by atoms with Gasteiger partial charge in [0.1, 0.15) is 0 Å².